The number of hydrazone groups is 1. The topological polar surface area (TPSA) is 92.3 Å². The first-order valence-corrected chi connectivity index (χ1v) is 13.8. The molecule has 1 saturated carbocycles. The molecule has 0 radical (unpaired) electrons. The van der Waals surface area contributed by atoms with Crippen LogP contribution < -0.4 is 9.47 Å². The van der Waals surface area contributed by atoms with Crippen LogP contribution in [0.5, 0.6) is 11.5 Å². The van der Waals surface area contributed by atoms with Crippen molar-refractivity contribution in [3.8, 4) is 11.5 Å². The second kappa shape index (κ2) is 10.5. The number of hydrogen-bond acceptors (Lipinski definition) is 6. The molecule has 1 amide bonds. The Morgan fingerprint density at radius 2 is 1.84 bits per heavy atom. The van der Waals surface area contributed by atoms with E-state index in [1.807, 2.05) is 54.7 Å². The van der Waals surface area contributed by atoms with E-state index in [4.69, 9.17) is 20.0 Å². The maximum atomic E-state index is 13.0. The van der Waals surface area contributed by atoms with Crippen LogP contribution in [-0.2, 0) is 11.3 Å². The fourth-order valence-corrected chi connectivity index (χ4v) is 6.24. The average molecular weight is 528 g/mol. The highest BCUT2D eigenvalue weighted by Gasteiger charge is 2.38. The largest absolute Gasteiger partial charge is 0.497 e. The Bertz CT molecular complexity index is 1480. The third kappa shape index (κ3) is 4.74. The minimum atomic E-state index is -0.395. The van der Waals surface area contributed by atoms with Gasteiger partial charge in [0.2, 0.25) is 5.17 Å². The van der Waals surface area contributed by atoms with E-state index < -0.39 is 5.91 Å². The first kappa shape index (κ1) is 24.5. The smallest absolute Gasteiger partial charge is 0.283 e. The zero-order chi connectivity index (χ0) is 26.1. The quantitative estimate of drug-likeness (QED) is 0.385. The molecule has 6 rings (SSSR count). The number of para-hydroxylation sites is 1. The third-order valence-electron chi connectivity index (χ3n) is 7.20. The van der Waals surface area contributed by atoms with Crippen LogP contribution in [0.4, 0.5) is 0 Å². The molecule has 194 valence electrons. The van der Waals surface area contributed by atoms with Crippen LogP contribution in [0.2, 0.25) is 0 Å². The Balaban J connectivity index is 1.23. The Kier molecular flexibility index (Phi) is 6.76. The van der Waals surface area contributed by atoms with Crippen molar-refractivity contribution in [2.45, 2.75) is 38.6 Å². The molecule has 1 N–H and O–H groups in total. The number of benzene rings is 2. The highest BCUT2D eigenvalue weighted by Crippen LogP contribution is 2.36. The molecule has 3 heterocycles. The van der Waals surface area contributed by atoms with Gasteiger partial charge in [-0.05, 0) is 61.0 Å². The third-order valence-corrected chi connectivity index (χ3v) is 8.28. The van der Waals surface area contributed by atoms with Crippen LogP contribution in [0.1, 0.15) is 37.7 Å². The summed E-state index contributed by atoms with van der Waals surface area (Å²) in [5.74, 6) is 1.65. The molecule has 0 unspecified atom stereocenters. The van der Waals surface area contributed by atoms with Crippen LogP contribution in [0.25, 0.3) is 17.0 Å². The monoisotopic (exact) mass is 527 g/mol. The summed E-state index contributed by atoms with van der Waals surface area (Å²) < 4.78 is 13.3. The number of nitrogens with zero attached hydrogens (tertiary/aromatic N) is 4. The predicted molar refractivity (Wildman–Crippen MR) is 152 cm³/mol. The summed E-state index contributed by atoms with van der Waals surface area (Å²) in [5, 5.41) is 17.5. The fourth-order valence-electron chi connectivity index (χ4n) is 5.19. The van der Waals surface area contributed by atoms with Gasteiger partial charge < -0.3 is 14.0 Å². The number of amides is 1. The van der Waals surface area contributed by atoms with Gasteiger partial charge in [0.25, 0.3) is 5.91 Å². The Morgan fingerprint density at radius 3 is 2.63 bits per heavy atom. The van der Waals surface area contributed by atoms with Gasteiger partial charge in [-0.2, -0.15) is 15.1 Å². The summed E-state index contributed by atoms with van der Waals surface area (Å²) in [7, 11) is 1.64. The van der Waals surface area contributed by atoms with Gasteiger partial charge in [0.1, 0.15) is 23.1 Å². The molecule has 0 bridgehead atoms. The minimum absolute atomic E-state index is 0.0815. The van der Waals surface area contributed by atoms with Crippen LogP contribution in [0, 0.1) is 11.3 Å². The molecule has 3 aliphatic rings. The van der Waals surface area contributed by atoms with Gasteiger partial charge >= 0.3 is 0 Å². The number of methoxy groups -OCH3 is 1. The molecule has 0 saturated heterocycles. The molecule has 9 heteroatoms. The molecular weight excluding hydrogens is 498 g/mol. The molecule has 1 fully saturated rings. The van der Waals surface area contributed by atoms with Crippen molar-refractivity contribution in [1.29, 1.82) is 5.41 Å². The maximum Gasteiger partial charge on any atom is 0.283 e. The first-order valence-electron chi connectivity index (χ1n) is 13.0. The normalized spacial score (nSPS) is 19.1. The number of carbonyl (C=O) groups excluding carboxylic acids is 1. The van der Waals surface area contributed by atoms with E-state index in [9.17, 15) is 4.79 Å². The van der Waals surface area contributed by atoms with Gasteiger partial charge in [-0.25, -0.2) is 0 Å². The van der Waals surface area contributed by atoms with E-state index >= 15 is 0 Å². The molecule has 3 aromatic rings. The number of aliphatic imine (C=N–C) groups is 1. The van der Waals surface area contributed by atoms with Crippen molar-refractivity contribution in [1.82, 2.24) is 9.58 Å². The van der Waals surface area contributed by atoms with Crippen molar-refractivity contribution in [2.75, 3.05) is 13.7 Å². The van der Waals surface area contributed by atoms with Crippen molar-refractivity contribution in [2.24, 2.45) is 16.0 Å². The molecule has 0 spiro atoms. The van der Waals surface area contributed by atoms with Crippen LogP contribution in [0.3, 0.4) is 0 Å². The highest BCUT2D eigenvalue weighted by molar-refractivity contribution is 8.27. The van der Waals surface area contributed by atoms with E-state index in [1.165, 1.54) is 36.0 Å². The summed E-state index contributed by atoms with van der Waals surface area (Å²) in [5.41, 5.74) is 2.14. The molecule has 2 aliphatic heterocycles. The molecule has 38 heavy (non-hydrogen) atoms. The minimum Gasteiger partial charge on any atom is -0.497 e. The first-order chi connectivity index (χ1) is 18.6. The number of rotatable bonds is 7. The average Bonchev–Trinajstić information content (AvgIpc) is 3.54. The second-order valence-corrected chi connectivity index (χ2v) is 10.6. The van der Waals surface area contributed by atoms with E-state index in [2.05, 4.69) is 9.56 Å². The number of thioether (sulfide) groups is 1. The maximum absolute atomic E-state index is 13.0. The van der Waals surface area contributed by atoms with Gasteiger partial charge in [-0.15, -0.1) is 0 Å². The number of hydrogen-bond donors (Lipinski definition) is 1. The molecular formula is C29H29N5O3S. The van der Waals surface area contributed by atoms with Crippen LogP contribution in [-0.4, -0.2) is 45.2 Å². The zero-order valence-electron chi connectivity index (χ0n) is 21.2. The van der Waals surface area contributed by atoms with Gasteiger partial charge in [0.15, 0.2) is 5.84 Å². The highest BCUT2D eigenvalue weighted by atomic mass is 32.2. The lowest BCUT2D eigenvalue weighted by molar-refractivity contribution is -0.114. The van der Waals surface area contributed by atoms with Gasteiger partial charge in [0.05, 0.1) is 19.2 Å². The summed E-state index contributed by atoms with van der Waals surface area (Å²) in [6, 6.07) is 15.6. The Hall–Kier alpha value is -3.85. The number of aromatic nitrogens is 1. The van der Waals surface area contributed by atoms with Gasteiger partial charge in [-0.1, -0.05) is 37.5 Å². The van der Waals surface area contributed by atoms with Crippen molar-refractivity contribution >= 4 is 50.7 Å². The summed E-state index contributed by atoms with van der Waals surface area (Å²) in [4.78, 5) is 17.3. The number of ether oxygens (including phenoxy) is 2. The van der Waals surface area contributed by atoms with Crippen molar-refractivity contribution in [3.63, 3.8) is 0 Å². The molecule has 2 aromatic carbocycles. The molecule has 1 aliphatic carbocycles. The number of fused-ring (bicyclic) bond motifs is 2. The summed E-state index contributed by atoms with van der Waals surface area (Å²) in [6.07, 6.45) is 9.66. The lowest BCUT2D eigenvalue weighted by Crippen LogP contribution is -2.35. The molecule has 0 atom stereocenters. The fraction of sp³-hybridized carbons (Fsp3) is 0.310. The summed E-state index contributed by atoms with van der Waals surface area (Å²) in [6.45, 7) is 1.11. The van der Waals surface area contributed by atoms with Crippen molar-refractivity contribution in [3.05, 3.63) is 65.9 Å². The Labute approximate surface area is 225 Å². The Morgan fingerprint density at radius 1 is 1.08 bits per heavy atom. The standard InChI is InChI=1S/C29H29N5O3S/c1-36-21-11-13-22(14-12-21)37-16-15-33-18-20(23-9-5-6-10-25(23)33)17-24-26(30)34-29(31-27(24)35)38-28(32-34)19-7-3-2-4-8-19/h5-6,9-14,17-19,30H,2-4,7-8,15-16H2,1H3/b24-17-,30-26?. The van der Waals surface area contributed by atoms with Gasteiger partial charge in [-0.3, -0.25) is 10.2 Å². The predicted octanol–water partition coefficient (Wildman–Crippen LogP) is 5.93. The molecule has 8 nitrogen and oxygen atoms in total. The van der Waals surface area contributed by atoms with E-state index in [0.717, 1.165) is 45.9 Å². The lowest BCUT2D eigenvalue weighted by Gasteiger charge is -2.20. The second-order valence-electron chi connectivity index (χ2n) is 9.61. The van der Waals surface area contributed by atoms with E-state index in [0.29, 0.717) is 24.2 Å². The van der Waals surface area contributed by atoms with Crippen molar-refractivity contribution < 1.29 is 14.3 Å². The van der Waals surface area contributed by atoms with Gasteiger partial charge in [0, 0.05) is 28.6 Å². The van der Waals surface area contributed by atoms with Crippen LogP contribution >= 0.6 is 11.8 Å². The lowest BCUT2D eigenvalue weighted by atomic mass is 9.90. The SMILES string of the molecule is COc1ccc(OCCn2cc(/C=C3/C(=N)N4N=C(C5CCCCC5)SC4=NC3=O)c3ccccc32)cc1. The van der Waals surface area contributed by atoms with E-state index in [1.54, 1.807) is 13.2 Å². The zero-order valence-corrected chi connectivity index (χ0v) is 22.0. The number of nitrogens with one attached hydrogen (secondary N) is 1. The van der Waals surface area contributed by atoms with Crippen LogP contribution in [0.15, 0.2) is 70.4 Å². The number of carbonyl (C=O) groups is 1. The molecule has 1 aromatic heterocycles. The van der Waals surface area contributed by atoms with E-state index in [-0.39, 0.29) is 11.4 Å². The summed E-state index contributed by atoms with van der Waals surface area (Å²) >= 11 is 1.44. The number of amidine groups is 2.